The van der Waals surface area contributed by atoms with Gasteiger partial charge in [-0.05, 0) is 18.2 Å². The van der Waals surface area contributed by atoms with Gasteiger partial charge >= 0.3 is 0 Å². The van der Waals surface area contributed by atoms with Gasteiger partial charge in [0.1, 0.15) is 0 Å². The van der Waals surface area contributed by atoms with E-state index in [1.807, 2.05) is 24.3 Å². The molecule has 0 aliphatic carbocycles. The number of nitrogens with two attached hydrogens (primary N) is 1. The van der Waals surface area contributed by atoms with E-state index in [1.54, 1.807) is 6.20 Å². The third kappa shape index (κ3) is 2.63. The van der Waals surface area contributed by atoms with Crippen LogP contribution in [0.5, 0.6) is 0 Å². The molecule has 0 radical (unpaired) electrons. The first kappa shape index (κ1) is 8.14. The molecule has 0 aromatic carbocycles. The van der Waals surface area contributed by atoms with Gasteiger partial charge in [0.25, 0.3) is 0 Å². The highest BCUT2D eigenvalue weighted by Gasteiger charge is 1.86. The first-order valence-corrected chi connectivity index (χ1v) is 3.95. The average molecular weight is 166 g/mol. The zero-order chi connectivity index (χ0) is 8.10. The van der Waals surface area contributed by atoms with E-state index < -0.39 is 0 Å². The van der Waals surface area contributed by atoms with Crippen molar-refractivity contribution in [3.05, 3.63) is 30.1 Å². The predicted molar refractivity (Wildman–Crippen MR) is 51.5 cm³/mol. The van der Waals surface area contributed by atoms with Gasteiger partial charge in [0.2, 0.25) is 0 Å². The molecule has 58 valence electrons. The van der Waals surface area contributed by atoms with E-state index in [0.29, 0.717) is 5.69 Å². The lowest BCUT2D eigenvalue weighted by Crippen LogP contribution is -1.86. The van der Waals surface area contributed by atoms with Crippen LogP contribution < -0.4 is 5.73 Å². The van der Waals surface area contributed by atoms with E-state index in [1.165, 1.54) is 0 Å². The summed E-state index contributed by atoms with van der Waals surface area (Å²) < 4.78 is 0. The normalized spacial score (nSPS) is 10.6. The van der Waals surface area contributed by atoms with Crippen LogP contribution in [-0.4, -0.2) is 10.7 Å². The lowest BCUT2D eigenvalue weighted by molar-refractivity contribution is 1.30. The van der Waals surface area contributed by atoms with Gasteiger partial charge in [-0.25, -0.2) is 0 Å². The maximum Gasteiger partial charge on any atom is 0.0628 e. The van der Waals surface area contributed by atoms with E-state index in [9.17, 15) is 0 Å². The highest BCUT2D eigenvalue weighted by Crippen LogP contribution is 2.02. The Hall–Kier alpha value is -0.960. The van der Waals surface area contributed by atoms with Crippen LogP contribution in [0.1, 0.15) is 5.69 Å². The summed E-state index contributed by atoms with van der Waals surface area (Å²) in [5.41, 5.74) is 7.05. The van der Waals surface area contributed by atoms with Crippen molar-refractivity contribution in [3.63, 3.8) is 0 Å². The zero-order valence-electron chi connectivity index (χ0n) is 6.07. The van der Waals surface area contributed by atoms with E-state index in [-0.39, 0.29) is 0 Å². The Labute approximate surface area is 71.6 Å². The Morgan fingerprint density at radius 2 is 2.36 bits per heavy atom. The predicted octanol–water partition coefficient (Wildman–Crippen LogP) is 1.61. The highest BCUT2D eigenvalue weighted by molar-refractivity contribution is 7.80. The molecule has 0 bridgehead atoms. The van der Waals surface area contributed by atoms with Crippen molar-refractivity contribution in [1.82, 2.24) is 4.98 Å². The molecule has 1 rings (SSSR count). The summed E-state index contributed by atoms with van der Waals surface area (Å²) in [5, 5.41) is 0. The summed E-state index contributed by atoms with van der Waals surface area (Å²) in [6.45, 7) is 0. The maximum atomic E-state index is 5.45. The summed E-state index contributed by atoms with van der Waals surface area (Å²) in [6, 6.07) is 3.69. The molecule has 1 aromatic heterocycles. The Kier molecular flexibility index (Phi) is 2.98. The molecule has 2 N–H and O–H groups in total. The first-order valence-electron chi connectivity index (χ1n) is 3.32. The summed E-state index contributed by atoms with van der Waals surface area (Å²) in [4.78, 5) is 4.07. The number of thiol groups is 1. The minimum atomic E-state index is 0.688. The number of nitrogen functional groups attached to an aromatic ring is 1. The Balaban J connectivity index is 2.73. The molecule has 11 heavy (non-hydrogen) atoms. The number of pyridine rings is 1. The number of hydrogen-bond acceptors (Lipinski definition) is 3. The third-order valence-electron chi connectivity index (χ3n) is 1.20. The average Bonchev–Trinajstić information content (AvgIpc) is 2.04. The lowest BCUT2D eigenvalue weighted by Gasteiger charge is -1.92. The Bertz CT molecular complexity index is 241. The molecule has 0 saturated carbocycles. The molecule has 0 aliphatic rings. The Morgan fingerprint density at radius 3 is 2.91 bits per heavy atom. The van der Waals surface area contributed by atoms with E-state index in [4.69, 9.17) is 5.73 Å². The summed E-state index contributed by atoms with van der Waals surface area (Å²) >= 11 is 4.03. The van der Waals surface area contributed by atoms with Crippen LogP contribution in [-0.2, 0) is 0 Å². The molecule has 0 spiro atoms. The molecule has 3 heteroatoms. The number of anilines is 1. The smallest absolute Gasteiger partial charge is 0.0628 e. The molecular weight excluding hydrogens is 156 g/mol. The standard InChI is InChI=1S/C8H10N2S/c9-7-3-4-8(10-6-7)2-1-5-11/h1-4,6,11H,5,9H2. The number of hydrogen-bond donors (Lipinski definition) is 2. The second-order valence-electron chi connectivity index (χ2n) is 2.10. The van der Waals surface area contributed by atoms with E-state index in [0.717, 1.165) is 11.4 Å². The topological polar surface area (TPSA) is 38.9 Å². The van der Waals surface area contributed by atoms with E-state index >= 15 is 0 Å². The van der Waals surface area contributed by atoms with Crippen LogP contribution in [0.25, 0.3) is 6.08 Å². The van der Waals surface area contributed by atoms with Crippen molar-refractivity contribution >= 4 is 24.4 Å². The van der Waals surface area contributed by atoms with Crippen LogP contribution >= 0.6 is 12.6 Å². The summed E-state index contributed by atoms with van der Waals surface area (Å²) in [5.74, 6) is 0.728. The minimum Gasteiger partial charge on any atom is -0.397 e. The maximum absolute atomic E-state index is 5.45. The van der Waals surface area contributed by atoms with Crippen LogP contribution in [0.3, 0.4) is 0 Å². The minimum absolute atomic E-state index is 0.688. The summed E-state index contributed by atoms with van der Waals surface area (Å²) in [7, 11) is 0. The van der Waals surface area contributed by atoms with Gasteiger partial charge in [0, 0.05) is 5.75 Å². The highest BCUT2D eigenvalue weighted by atomic mass is 32.1. The van der Waals surface area contributed by atoms with Gasteiger partial charge in [-0.2, -0.15) is 12.6 Å². The fourth-order valence-electron chi connectivity index (χ4n) is 0.689. The van der Waals surface area contributed by atoms with Gasteiger partial charge in [0.05, 0.1) is 17.6 Å². The third-order valence-corrected chi connectivity index (χ3v) is 1.41. The molecule has 0 fully saturated rings. The molecular formula is C8H10N2S. The van der Waals surface area contributed by atoms with Gasteiger partial charge < -0.3 is 5.73 Å². The second kappa shape index (κ2) is 4.03. The molecule has 0 saturated heterocycles. The second-order valence-corrected chi connectivity index (χ2v) is 2.47. The molecule has 0 amide bonds. The molecule has 2 nitrogen and oxygen atoms in total. The van der Waals surface area contributed by atoms with Gasteiger partial charge in [-0.3, -0.25) is 4.98 Å². The lowest BCUT2D eigenvalue weighted by atomic mass is 10.3. The quantitative estimate of drug-likeness (QED) is 0.655. The Morgan fingerprint density at radius 1 is 1.55 bits per heavy atom. The largest absolute Gasteiger partial charge is 0.397 e. The SMILES string of the molecule is Nc1ccc(C=CCS)nc1. The first-order chi connectivity index (χ1) is 5.33. The van der Waals surface area contributed by atoms with E-state index in [2.05, 4.69) is 17.6 Å². The van der Waals surface area contributed by atoms with Crippen LogP contribution in [0.2, 0.25) is 0 Å². The van der Waals surface area contributed by atoms with Crippen molar-refractivity contribution in [2.75, 3.05) is 11.5 Å². The fourth-order valence-corrected chi connectivity index (χ4v) is 0.794. The van der Waals surface area contributed by atoms with Gasteiger partial charge in [-0.1, -0.05) is 6.08 Å². The number of nitrogens with zero attached hydrogens (tertiary/aromatic N) is 1. The van der Waals surface area contributed by atoms with Crippen molar-refractivity contribution in [1.29, 1.82) is 0 Å². The van der Waals surface area contributed by atoms with Gasteiger partial charge in [-0.15, -0.1) is 0 Å². The van der Waals surface area contributed by atoms with Crippen molar-refractivity contribution in [2.24, 2.45) is 0 Å². The van der Waals surface area contributed by atoms with Crippen LogP contribution in [0.4, 0.5) is 5.69 Å². The molecule has 1 heterocycles. The van der Waals surface area contributed by atoms with Gasteiger partial charge in [0.15, 0.2) is 0 Å². The molecule has 1 aromatic rings. The van der Waals surface area contributed by atoms with Crippen LogP contribution in [0.15, 0.2) is 24.4 Å². The van der Waals surface area contributed by atoms with Crippen molar-refractivity contribution in [3.8, 4) is 0 Å². The molecule has 0 atom stereocenters. The number of aromatic nitrogens is 1. The number of rotatable bonds is 2. The zero-order valence-corrected chi connectivity index (χ0v) is 6.96. The molecule has 0 unspecified atom stereocenters. The van der Waals surface area contributed by atoms with Crippen LogP contribution in [0, 0.1) is 0 Å². The monoisotopic (exact) mass is 166 g/mol. The van der Waals surface area contributed by atoms with Crippen molar-refractivity contribution in [2.45, 2.75) is 0 Å². The summed E-state index contributed by atoms with van der Waals surface area (Å²) in [6.07, 6.45) is 5.48. The fraction of sp³-hybridized carbons (Fsp3) is 0.125. The molecule has 0 aliphatic heterocycles. The van der Waals surface area contributed by atoms with Crippen molar-refractivity contribution < 1.29 is 0 Å².